The number of aromatic nitrogens is 1. The van der Waals surface area contributed by atoms with E-state index in [0.29, 0.717) is 49.0 Å². The van der Waals surface area contributed by atoms with Crippen molar-refractivity contribution in [2.45, 2.75) is 56.9 Å². The molecule has 108 valence electrons. The first kappa shape index (κ1) is 17.9. The Morgan fingerprint density at radius 3 is 2.25 bits per heavy atom. The maximum atomic E-state index is 15.7. The summed E-state index contributed by atoms with van der Waals surface area (Å²) >= 11 is 3.05. The third-order valence-electron chi connectivity index (χ3n) is 4.95. The number of halogens is 2. The summed E-state index contributed by atoms with van der Waals surface area (Å²) in [4.78, 5) is 2.06. The number of alkyl halides is 2. The van der Waals surface area contributed by atoms with E-state index >= 15 is 4.39 Å². The SMILES string of the molecule is Cc1c2c(n(C)c1C)C(C)(F)N(C(C)C)C(I)[C]2(C)[K]. The van der Waals surface area contributed by atoms with E-state index in [4.69, 9.17) is 0 Å². The van der Waals surface area contributed by atoms with E-state index in [2.05, 4.69) is 66.7 Å². The second kappa shape index (κ2) is 5.56. The van der Waals surface area contributed by atoms with E-state index in [9.17, 15) is 0 Å². The van der Waals surface area contributed by atoms with Crippen molar-refractivity contribution in [2.24, 2.45) is 7.05 Å². The molecule has 1 aromatic heterocycles. The zero-order valence-electron chi connectivity index (χ0n) is 13.8. The van der Waals surface area contributed by atoms with Gasteiger partial charge in [0.15, 0.2) is 0 Å². The van der Waals surface area contributed by atoms with Gasteiger partial charge in [0.05, 0.1) is 0 Å². The van der Waals surface area contributed by atoms with E-state index in [1.54, 1.807) is 6.92 Å². The molecular weight excluding hydrogens is 393 g/mol. The minimum absolute atomic E-state index is 0.120. The number of hydrogen-bond acceptors (Lipinski definition) is 1. The Morgan fingerprint density at radius 2 is 1.80 bits per heavy atom. The zero-order chi connectivity index (χ0) is 15.6. The second-order valence-corrected chi connectivity index (χ2v) is 11.4. The van der Waals surface area contributed by atoms with Crippen LogP contribution in [0.4, 0.5) is 4.39 Å². The summed E-state index contributed by atoms with van der Waals surface area (Å²) in [6.45, 7) is 12.5. The Labute approximate surface area is 169 Å². The Balaban J connectivity index is 2.85. The van der Waals surface area contributed by atoms with Crippen molar-refractivity contribution in [3.63, 3.8) is 0 Å². The number of rotatable bonds is 1. The fraction of sp³-hybridized carbons (Fsp3) is 0.733. The van der Waals surface area contributed by atoms with E-state index in [0.717, 1.165) is 5.69 Å². The second-order valence-electron chi connectivity index (χ2n) is 7.00. The van der Waals surface area contributed by atoms with Gasteiger partial charge in [-0.05, 0) is 0 Å². The fourth-order valence-electron chi connectivity index (χ4n) is 3.82. The van der Waals surface area contributed by atoms with Gasteiger partial charge in [-0.25, -0.2) is 0 Å². The van der Waals surface area contributed by atoms with Gasteiger partial charge in [0.2, 0.25) is 0 Å². The van der Waals surface area contributed by atoms with E-state index in [-0.39, 0.29) is 9.60 Å². The molecule has 0 fully saturated rings. The van der Waals surface area contributed by atoms with Crippen LogP contribution in [0, 0.1) is 13.8 Å². The molecule has 0 bridgehead atoms. The summed E-state index contributed by atoms with van der Waals surface area (Å²) in [5, 5.41) is 0. The van der Waals surface area contributed by atoms with Gasteiger partial charge >= 0.3 is 172 Å². The average Bonchev–Trinajstić information content (AvgIpc) is 2.52. The Morgan fingerprint density at radius 1 is 1.30 bits per heavy atom. The topological polar surface area (TPSA) is 8.17 Å². The summed E-state index contributed by atoms with van der Waals surface area (Å²) in [6, 6.07) is 0.192. The zero-order valence-corrected chi connectivity index (χ0v) is 19.1. The van der Waals surface area contributed by atoms with Gasteiger partial charge < -0.3 is 0 Å². The van der Waals surface area contributed by atoms with Crippen LogP contribution in [-0.2, 0) is 12.3 Å². The van der Waals surface area contributed by atoms with Crippen LogP contribution in [-0.4, -0.2) is 68.5 Å². The molecule has 0 aromatic carbocycles. The predicted molar refractivity (Wildman–Crippen MR) is 91.2 cm³/mol. The van der Waals surface area contributed by atoms with E-state index in [1.165, 1.54) is 16.8 Å². The van der Waals surface area contributed by atoms with Crippen LogP contribution in [0.2, 0.25) is 0 Å². The molecule has 0 aliphatic carbocycles. The molecule has 0 radical (unpaired) electrons. The Kier molecular flexibility index (Phi) is 4.97. The van der Waals surface area contributed by atoms with E-state index in [1.807, 2.05) is 7.05 Å². The standard InChI is InChI=1S/C15H23FIN2.K/c1-8(2)19-14(17)10(4)12-9(3)11(5)18(7)13(12)15(19,6)16;/h8,14H,1-7H3;. The molecule has 1 aliphatic heterocycles. The predicted octanol–water partition coefficient (Wildman–Crippen LogP) is 3.65. The summed E-state index contributed by atoms with van der Waals surface area (Å²) in [5.41, 5.74) is 4.64. The first-order valence-corrected chi connectivity index (χ1v) is 10.0. The van der Waals surface area contributed by atoms with Gasteiger partial charge in [-0.3, -0.25) is 0 Å². The average molecular weight is 416 g/mol. The summed E-state index contributed by atoms with van der Waals surface area (Å²) < 4.78 is 18.2. The van der Waals surface area contributed by atoms with E-state index < -0.39 is 5.79 Å². The molecule has 3 unspecified atom stereocenters. The summed E-state index contributed by atoms with van der Waals surface area (Å²) in [7, 11) is 2.01. The molecule has 0 amide bonds. The van der Waals surface area contributed by atoms with Crippen molar-refractivity contribution in [3.8, 4) is 0 Å². The molecule has 0 saturated carbocycles. The Hall–Kier alpha value is 1.54. The maximum absolute atomic E-state index is 15.7. The number of hydrogen-bond donors (Lipinski definition) is 0. The van der Waals surface area contributed by atoms with Gasteiger partial charge in [0.25, 0.3) is 0 Å². The summed E-state index contributed by atoms with van der Waals surface area (Å²) in [6.07, 6.45) is 0. The monoisotopic (exact) mass is 416 g/mol. The van der Waals surface area contributed by atoms with Gasteiger partial charge in [-0.2, -0.15) is 0 Å². The third-order valence-corrected chi connectivity index (χ3v) is 10.6. The van der Waals surface area contributed by atoms with Crippen LogP contribution in [0.15, 0.2) is 0 Å². The molecule has 1 aliphatic rings. The molecule has 2 heterocycles. The molecule has 2 nitrogen and oxygen atoms in total. The normalized spacial score (nSPS) is 34.7. The third kappa shape index (κ3) is 2.34. The van der Waals surface area contributed by atoms with Crippen molar-refractivity contribution >= 4 is 71.5 Å². The van der Waals surface area contributed by atoms with Gasteiger partial charge in [-0.1, -0.05) is 0 Å². The van der Waals surface area contributed by atoms with Crippen LogP contribution >= 0.6 is 22.6 Å². The van der Waals surface area contributed by atoms with Crippen molar-refractivity contribution in [3.05, 3.63) is 22.5 Å². The van der Waals surface area contributed by atoms with Crippen molar-refractivity contribution in [1.82, 2.24) is 9.47 Å². The van der Waals surface area contributed by atoms with Crippen LogP contribution < -0.4 is 0 Å². The molecule has 2 rings (SSSR count). The first-order valence-electron chi connectivity index (χ1n) is 7.24. The van der Waals surface area contributed by atoms with Crippen LogP contribution in [0.25, 0.3) is 0 Å². The minimum atomic E-state index is -1.40. The summed E-state index contributed by atoms with van der Waals surface area (Å²) in [5.74, 6) is -1.40. The van der Waals surface area contributed by atoms with Gasteiger partial charge in [0, 0.05) is 0 Å². The molecule has 0 saturated heterocycles. The van der Waals surface area contributed by atoms with Crippen molar-refractivity contribution < 1.29 is 4.39 Å². The molecule has 1 aromatic rings. The van der Waals surface area contributed by atoms with Crippen LogP contribution in [0.1, 0.15) is 50.2 Å². The molecule has 5 heteroatoms. The molecule has 0 spiro atoms. The number of fused-ring (bicyclic) bond motifs is 1. The molecule has 20 heavy (non-hydrogen) atoms. The quantitative estimate of drug-likeness (QED) is 0.294. The van der Waals surface area contributed by atoms with Crippen LogP contribution in [0.5, 0.6) is 0 Å². The van der Waals surface area contributed by atoms with Crippen molar-refractivity contribution in [1.29, 1.82) is 0 Å². The molecular formula is C15H23FIKN2. The molecule has 0 N–H and O–H groups in total. The molecule has 3 atom stereocenters. The fourth-order valence-corrected chi connectivity index (χ4v) is 6.68. The Bertz CT molecular complexity index is 549. The van der Waals surface area contributed by atoms with Crippen molar-refractivity contribution in [2.75, 3.05) is 0 Å². The van der Waals surface area contributed by atoms with Gasteiger partial charge in [0.1, 0.15) is 0 Å². The van der Waals surface area contributed by atoms with Gasteiger partial charge in [-0.15, -0.1) is 0 Å². The van der Waals surface area contributed by atoms with Crippen LogP contribution in [0.3, 0.4) is 0 Å². The first-order chi connectivity index (χ1) is 8.95. The number of nitrogens with zero attached hydrogens (tertiary/aromatic N) is 2.